The van der Waals surface area contributed by atoms with E-state index < -0.39 is 0 Å². The summed E-state index contributed by atoms with van der Waals surface area (Å²) in [5, 5.41) is 7.95. The fraction of sp³-hybridized carbons (Fsp3) is 0.467. The molecule has 1 amide bonds. The zero-order valence-electron chi connectivity index (χ0n) is 11.9. The number of amides is 1. The fourth-order valence-electron chi connectivity index (χ4n) is 2.91. The molecule has 1 aromatic heterocycles. The van der Waals surface area contributed by atoms with Crippen LogP contribution in [0.4, 0.5) is 0 Å². The number of aromatic nitrogens is 2. The molecule has 1 saturated heterocycles. The molecule has 1 aliphatic heterocycles. The molecule has 1 atom stereocenters. The molecule has 0 saturated carbocycles. The maximum atomic E-state index is 12.8. The Bertz CT molecular complexity index is 663. The highest BCUT2D eigenvalue weighted by atomic mass is 16.2. The Morgan fingerprint density at radius 2 is 2.35 bits per heavy atom. The van der Waals surface area contributed by atoms with Crippen LogP contribution >= 0.6 is 0 Å². The van der Waals surface area contributed by atoms with Crippen molar-refractivity contribution in [2.24, 2.45) is 11.1 Å². The van der Waals surface area contributed by atoms with Gasteiger partial charge in [0.1, 0.15) is 0 Å². The van der Waals surface area contributed by atoms with Crippen molar-refractivity contribution in [2.45, 2.75) is 20.3 Å². The normalized spacial score (nSPS) is 22.6. The molecule has 5 nitrogen and oxygen atoms in total. The molecule has 0 spiro atoms. The predicted molar refractivity (Wildman–Crippen MR) is 78.5 cm³/mol. The number of nitrogens with two attached hydrogens (primary N) is 1. The summed E-state index contributed by atoms with van der Waals surface area (Å²) in [4.78, 5) is 14.7. The number of likely N-dealkylation sites (tertiary alicyclic amines) is 1. The molecule has 2 aromatic rings. The zero-order chi connectivity index (χ0) is 14.3. The van der Waals surface area contributed by atoms with Crippen LogP contribution in [0.5, 0.6) is 0 Å². The maximum Gasteiger partial charge on any atom is 0.256 e. The fourth-order valence-corrected chi connectivity index (χ4v) is 2.91. The summed E-state index contributed by atoms with van der Waals surface area (Å²) in [6.07, 6.45) is 2.72. The summed E-state index contributed by atoms with van der Waals surface area (Å²) in [7, 11) is 0. The number of carbonyl (C=O) groups is 1. The van der Waals surface area contributed by atoms with E-state index in [1.807, 2.05) is 24.0 Å². The van der Waals surface area contributed by atoms with Crippen LogP contribution in [-0.2, 0) is 0 Å². The van der Waals surface area contributed by atoms with Gasteiger partial charge in [-0.25, -0.2) is 0 Å². The number of rotatable bonds is 2. The molecule has 20 heavy (non-hydrogen) atoms. The number of nitrogens with one attached hydrogen (secondary N) is 1. The van der Waals surface area contributed by atoms with Gasteiger partial charge in [0.25, 0.3) is 5.91 Å². The molecule has 1 aromatic carbocycles. The highest BCUT2D eigenvalue weighted by Crippen LogP contribution is 2.30. The van der Waals surface area contributed by atoms with Gasteiger partial charge in [0, 0.05) is 18.5 Å². The van der Waals surface area contributed by atoms with Crippen LogP contribution in [0, 0.1) is 12.3 Å². The minimum absolute atomic E-state index is 0.0482. The molecule has 1 aliphatic rings. The Kier molecular flexibility index (Phi) is 3.01. The summed E-state index contributed by atoms with van der Waals surface area (Å²) < 4.78 is 0. The number of H-pyrrole nitrogens is 1. The lowest BCUT2D eigenvalue weighted by Crippen LogP contribution is -2.34. The Balaban J connectivity index is 1.95. The van der Waals surface area contributed by atoms with Gasteiger partial charge in [-0.1, -0.05) is 6.92 Å². The lowest BCUT2D eigenvalue weighted by Gasteiger charge is -2.22. The Hall–Kier alpha value is -1.88. The van der Waals surface area contributed by atoms with Gasteiger partial charge in [-0.2, -0.15) is 5.10 Å². The largest absolute Gasteiger partial charge is 0.338 e. The average Bonchev–Trinajstić information content (AvgIpc) is 3.04. The Morgan fingerprint density at radius 1 is 1.55 bits per heavy atom. The summed E-state index contributed by atoms with van der Waals surface area (Å²) in [5.74, 6) is 0.0696. The third kappa shape index (κ3) is 2.08. The SMILES string of the molecule is Cc1cc(C(=O)N2CCC(C)(CN)C2)c2[nH]ncc2c1. The van der Waals surface area contributed by atoms with E-state index in [2.05, 4.69) is 17.1 Å². The van der Waals surface area contributed by atoms with Gasteiger partial charge in [-0.15, -0.1) is 0 Å². The topological polar surface area (TPSA) is 75.0 Å². The molecule has 2 heterocycles. The van der Waals surface area contributed by atoms with Crippen LogP contribution in [-0.4, -0.2) is 40.6 Å². The molecule has 0 bridgehead atoms. The predicted octanol–water partition coefficient (Wildman–Crippen LogP) is 1.68. The van der Waals surface area contributed by atoms with Crippen LogP contribution < -0.4 is 5.73 Å². The number of hydrogen-bond donors (Lipinski definition) is 2. The smallest absolute Gasteiger partial charge is 0.256 e. The lowest BCUT2D eigenvalue weighted by molar-refractivity contribution is 0.0778. The van der Waals surface area contributed by atoms with Crippen molar-refractivity contribution in [3.05, 3.63) is 29.5 Å². The highest BCUT2D eigenvalue weighted by molar-refractivity contribution is 6.05. The minimum Gasteiger partial charge on any atom is -0.338 e. The highest BCUT2D eigenvalue weighted by Gasteiger charge is 2.35. The van der Waals surface area contributed by atoms with Crippen molar-refractivity contribution in [1.29, 1.82) is 0 Å². The zero-order valence-corrected chi connectivity index (χ0v) is 11.9. The second kappa shape index (κ2) is 4.59. The van der Waals surface area contributed by atoms with Gasteiger partial charge in [-0.05, 0) is 43.0 Å². The third-order valence-electron chi connectivity index (χ3n) is 4.26. The number of fused-ring (bicyclic) bond motifs is 1. The van der Waals surface area contributed by atoms with Crippen LogP contribution in [0.25, 0.3) is 10.9 Å². The molecule has 1 fully saturated rings. The van der Waals surface area contributed by atoms with Crippen LogP contribution in [0.3, 0.4) is 0 Å². The van der Waals surface area contributed by atoms with Gasteiger partial charge in [0.15, 0.2) is 0 Å². The van der Waals surface area contributed by atoms with Gasteiger partial charge in [0.05, 0.1) is 17.3 Å². The van der Waals surface area contributed by atoms with Gasteiger partial charge in [0.2, 0.25) is 0 Å². The van der Waals surface area contributed by atoms with Crippen molar-refractivity contribution in [3.8, 4) is 0 Å². The number of hydrogen-bond acceptors (Lipinski definition) is 3. The number of aromatic amines is 1. The van der Waals surface area contributed by atoms with Crippen molar-refractivity contribution < 1.29 is 4.79 Å². The third-order valence-corrected chi connectivity index (χ3v) is 4.26. The number of nitrogens with zero attached hydrogens (tertiary/aromatic N) is 2. The van der Waals surface area contributed by atoms with E-state index in [-0.39, 0.29) is 11.3 Å². The maximum absolute atomic E-state index is 12.8. The second-order valence-corrected chi connectivity index (χ2v) is 6.14. The minimum atomic E-state index is 0.0482. The standard InChI is InChI=1S/C15H20N4O/c1-10-5-11-7-17-18-13(11)12(6-10)14(20)19-4-3-15(2,8-16)9-19/h5-7H,3-4,8-9,16H2,1-2H3,(H,17,18). The van der Waals surface area contributed by atoms with Crippen LogP contribution in [0.1, 0.15) is 29.3 Å². The number of benzene rings is 1. The summed E-state index contributed by atoms with van der Waals surface area (Å²) in [5.41, 5.74) is 8.46. The molecule has 1 unspecified atom stereocenters. The van der Waals surface area contributed by atoms with E-state index in [1.54, 1.807) is 6.20 Å². The molecule has 5 heteroatoms. The first-order chi connectivity index (χ1) is 9.52. The number of carbonyl (C=O) groups excluding carboxylic acids is 1. The molecule has 3 N–H and O–H groups in total. The molecule has 3 rings (SSSR count). The van der Waals surface area contributed by atoms with E-state index in [1.165, 1.54) is 0 Å². The van der Waals surface area contributed by atoms with E-state index in [0.717, 1.165) is 36.0 Å². The Morgan fingerprint density at radius 3 is 3.05 bits per heavy atom. The molecular formula is C15H20N4O. The summed E-state index contributed by atoms with van der Waals surface area (Å²) >= 11 is 0. The van der Waals surface area contributed by atoms with E-state index in [9.17, 15) is 4.79 Å². The van der Waals surface area contributed by atoms with E-state index in [0.29, 0.717) is 12.1 Å². The second-order valence-electron chi connectivity index (χ2n) is 6.14. The van der Waals surface area contributed by atoms with E-state index >= 15 is 0 Å². The summed E-state index contributed by atoms with van der Waals surface area (Å²) in [6.45, 7) is 6.26. The molecular weight excluding hydrogens is 252 g/mol. The quantitative estimate of drug-likeness (QED) is 0.873. The first kappa shape index (κ1) is 13.1. The monoisotopic (exact) mass is 272 g/mol. The van der Waals surface area contributed by atoms with E-state index in [4.69, 9.17) is 5.73 Å². The molecule has 0 radical (unpaired) electrons. The van der Waals surface area contributed by atoms with Crippen LogP contribution in [0.15, 0.2) is 18.3 Å². The molecule has 106 valence electrons. The molecule has 0 aliphatic carbocycles. The van der Waals surface area contributed by atoms with Gasteiger partial charge < -0.3 is 10.6 Å². The average molecular weight is 272 g/mol. The van der Waals surface area contributed by atoms with Crippen molar-refractivity contribution in [1.82, 2.24) is 15.1 Å². The lowest BCUT2D eigenvalue weighted by atomic mass is 9.90. The van der Waals surface area contributed by atoms with Crippen molar-refractivity contribution in [3.63, 3.8) is 0 Å². The number of aryl methyl sites for hydroxylation is 1. The van der Waals surface area contributed by atoms with Gasteiger partial charge >= 0.3 is 0 Å². The Labute approximate surface area is 118 Å². The van der Waals surface area contributed by atoms with Crippen LogP contribution in [0.2, 0.25) is 0 Å². The van der Waals surface area contributed by atoms with Gasteiger partial charge in [-0.3, -0.25) is 9.89 Å². The van der Waals surface area contributed by atoms with Crippen molar-refractivity contribution >= 4 is 16.8 Å². The van der Waals surface area contributed by atoms with Crippen molar-refractivity contribution in [2.75, 3.05) is 19.6 Å². The first-order valence-electron chi connectivity index (χ1n) is 6.95. The first-order valence-corrected chi connectivity index (χ1v) is 6.95. The summed E-state index contributed by atoms with van der Waals surface area (Å²) in [6, 6.07) is 3.96.